The Morgan fingerprint density at radius 2 is 1.83 bits per heavy atom. The number of para-hydroxylation sites is 2. The van der Waals surface area contributed by atoms with Gasteiger partial charge in [0.2, 0.25) is 0 Å². The van der Waals surface area contributed by atoms with Crippen LogP contribution in [-0.4, -0.2) is 36.6 Å². The van der Waals surface area contributed by atoms with E-state index in [1.807, 2.05) is 19.1 Å². The normalized spacial score (nSPS) is 10.2. The molecule has 160 valence electrons. The Morgan fingerprint density at radius 3 is 2.47 bits per heavy atom. The Kier molecular flexibility index (Phi) is 9.07. The fraction of sp³-hybridized carbons (Fsp3) is 0.300. The number of nitrogens with zero attached hydrogens (tertiary/aromatic N) is 1. The first-order chi connectivity index (χ1) is 14.4. The number of anilines is 1. The molecule has 0 radical (unpaired) electrons. The number of esters is 1. The van der Waals surface area contributed by atoms with E-state index in [1.54, 1.807) is 12.1 Å². The van der Waals surface area contributed by atoms with E-state index in [1.165, 1.54) is 18.2 Å². The van der Waals surface area contributed by atoms with E-state index >= 15 is 0 Å². The van der Waals surface area contributed by atoms with Crippen LogP contribution in [0.15, 0.2) is 46.9 Å². The van der Waals surface area contributed by atoms with Crippen LogP contribution in [0.1, 0.15) is 19.8 Å². The number of nitro groups is 1. The highest BCUT2D eigenvalue weighted by Gasteiger charge is 2.13. The van der Waals surface area contributed by atoms with Gasteiger partial charge in [0, 0.05) is 23.0 Å². The molecule has 0 bridgehead atoms. The molecule has 0 aliphatic rings. The summed E-state index contributed by atoms with van der Waals surface area (Å²) in [4.78, 5) is 33.9. The standard InChI is InChI=1S/C20H21BrN2O7/c1-2-28-17-6-3-4-7-18(17)29-11-5-8-20(25)30-13-19(24)22-16-10-9-14(23(26)27)12-15(16)21/h3-4,6-7,9-10,12H,2,5,8,11,13H2,1H3,(H,22,24). The monoisotopic (exact) mass is 480 g/mol. The number of ether oxygens (including phenoxy) is 3. The van der Waals surface area contributed by atoms with Crippen molar-refractivity contribution in [3.63, 3.8) is 0 Å². The summed E-state index contributed by atoms with van der Waals surface area (Å²) < 4.78 is 16.4. The van der Waals surface area contributed by atoms with Crippen molar-refractivity contribution in [1.82, 2.24) is 0 Å². The van der Waals surface area contributed by atoms with Gasteiger partial charge in [-0.2, -0.15) is 0 Å². The predicted octanol–water partition coefficient (Wildman–Crippen LogP) is 4.10. The average Bonchev–Trinajstić information content (AvgIpc) is 2.72. The Bertz CT molecular complexity index is 904. The molecule has 1 N–H and O–H groups in total. The van der Waals surface area contributed by atoms with Crippen LogP contribution in [0.5, 0.6) is 11.5 Å². The van der Waals surface area contributed by atoms with Gasteiger partial charge < -0.3 is 19.5 Å². The molecule has 10 heteroatoms. The summed E-state index contributed by atoms with van der Waals surface area (Å²) in [6.07, 6.45) is 0.500. The van der Waals surface area contributed by atoms with Crippen LogP contribution >= 0.6 is 15.9 Å². The second-order valence-electron chi connectivity index (χ2n) is 5.96. The lowest BCUT2D eigenvalue weighted by molar-refractivity contribution is -0.384. The van der Waals surface area contributed by atoms with Crippen molar-refractivity contribution in [3.8, 4) is 11.5 Å². The second-order valence-corrected chi connectivity index (χ2v) is 6.82. The SMILES string of the molecule is CCOc1ccccc1OCCCC(=O)OCC(=O)Nc1ccc([N+](=O)[O-])cc1Br. The number of nitro benzene ring substituents is 1. The molecular weight excluding hydrogens is 460 g/mol. The van der Waals surface area contributed by atoms with Crippen molar-refractivity contribution in [3.05, 3.63) is 57.1 Å². The second kappa shape index (κ2) is 11.8. The fourth-order valence-corrected chi connectivity index (χ4v) is 2.83. The minimum atomic E-state index is -0.556. The van der Waals surface area contributed by atoms with Crippen LogP contribution in [0.3, 0.4) is 0 Å². The van der Waals surface area contributed by atoms with Gasteiger partial charge in [-0.05, 0) is 47.5 Å². The molecule has 0 saturated carbocycles. The zero-order valence-electron chi connectivity index (χ0n) is 16.3. The number of non-ortho nitro benzene ring substituents is 1. The highest BCUT2D eigenvalue weighted by molar-refractivity contribution is 9.10. The number of hydrogen-bond acceptors (Lipinski definition) is 7. The first-order valence-electron chi connectivity index (χ1n) is 9.14. The summed E-state index contributed by atoms with van der Waals surface area (Å²) >= 11 is 3.15. The number of rotatable bonds is 11. The van der Waals surface area contributed by atoms with Crippen molar-refractivity contribution in [2.45, 2.75) is 19.8 Å². The Morgan fingerprint density at radius 1 is 1.13 bits per heavy atom. The lowest BCUT2D eigenvalue weighted by Gasteiger charge is -2.11. The molecule has 0 aliphatic heterocycles. The van der Waals surface area contributed by atoms with Crippen LogP contribution in [-0.2, 0) is 14.3 Å². The summed E-state index contributed by atoms with van der Waals surface area (Å²) in [5.74, 6) is 0.145. The van der Waals surface area contributed by atoms with Crippen molar-refractivity contribution >= 4 is 39.2 Å². The highest BCUT2D eigenvalue weighted by Crippen LogP contribution is 2.27. The third kappa shape index (κ3) is 7.36. The van der Waals surface area contributed by atoms with Gasteiger partial charge in [0.05, 0.1) is 23.8 Å². The molecule has 2 aromatic carbocycles. The first kappa shape index (κ1) is 23.1. The largest absolute Gasteiger partial charge is 0.490 e. The molecule has 9 nitrogen and oxygen atoms in total. The summed E-state index contributed by atoms with van der Waals surface area (Å²) in [6, 6.07) is 11.2. The first-order valence-corrected chi connectivity index (χ1v) is 9.94. The van der Waals surface area contributed by atoms with Gasteiger partial charge in [0.15, 0.2) is 18.1 Å². The summed E-state index contributed by atoms with van der Waals surface area (Å²) in [6.45, 7) is 2.23. The maximum Gasteiger partial charge on any atom is 0.306 e. The number of carbonyl (C=O) groups is 2. The van der Waals surface area contributed by atoms with E-state index < -0.39 is 23.4 Å². The number of benzene rings is 2. The van der Waals surface area contributed by atoms with E-state index in [4.69, 9.17) is 14.2 Å². The molecule has 0 aromatic heterocycles. The number of amides is 1. The Labute approximate surface area is 181 Å². The highest BCUT2D eigenvalue weighted by atomic mass is 79.9. The van der Waals surface area contributed by atoms with E-state index in [-0.39, 0.29) is 12.1 Å². The summed E-state index contributed by atoms with van der Waals surface area (Å²) in [5.41, 5.74) is 0.223. The van der Waals surface area contributed by atoms with Gasteiger partial charge in [-0.3, -0.25) is 19.7 Å². The quantitative estimate of drug-likeness (QED) is 0.222. The van der Waals surface area contributed by atoms with Crippen LogP contribution < -0.4 is 14.8 Å². The number of hydrogen-bond donors (Lipinski definition) is 1. The smallest absolute Gasteiger partial charge is 0.306 e. The molecular formula is C20H21BrN2O7. The molecule has 0 atom stereocenters. The molecule has 2 rings (SSSR count). The zero-order chi connectivity index (χ0) is 21.9. The molecule has 0 heterocycles. The molecule has 0 saturated heterocycles. The fourth-order valence-electron chi connectivity index (χ4n) is 2.37. The minimum absolute atomic E-state index is 0.0886. The number of nitrogens with one attached hydrogen (secondary N) is 1. The van der Waals surface area contributed by atoms with Crippen molar-refractivity contribution < 1.29 is 28.7 Å². The van der Waals surface area contributed by atoms with E-state index in [0.717, 1.165) is 0 Å². The van der Waals surface area contributed by atoms with Crippen molar-refractivity contribution in [2.75, 3.05) is 25.1 Å². The van der Waals surface area contributed by atoms with Gasteiger partial charge in [0.25, 0.3) is 11.6 Å². The maximum atomic E-state index is 11.9. The van der Waals surface area contributed by atoms with Gasteiger partial charge >= 0.3 is 5.97 Å². The lowest BCUT2D eigenvalue weighted by Crippen LogP contribution is -2.21. The third-order valence-corrected chi connectivity index (χ3v) is 4.39. The van der Waals surface area contributed by atoms with Crippen molar-refractivity contribution in [1.29, 1.82) is 0 Å². The molecule has 0 aliphatic carbocycles. The van der Waals surface area contributed by atoms with Gasteiger partial charge in [0.1, 0.15) is 0 Å². The Hall–Kier alpha value is -3.14. The zero-order valence-corrected chi connectivity index (χ0v) is 17.8. The Balaban J connectivity index is 1.69. The van der Waals surface area contributed by atoms with Gasteiger partial charge in [-0.1, -0.05) is 12.1 Å². The van der Waals surface area contributed by atoms with E-state index in [0.29, 0.717) is 41.3 Å². The average molecular weight is 481 g/mol. The van der Waals surface area contributed by atoms with Crippen LogP contribution in [0.25, 0.3) is 0 Å². The van der Waals surface area contributed by atoms with E-state index in [2.05, 4.69) is 21.2 Å². The molecule has 1 amide bonds. The van der Waals surface area contributed by atoms with Crippen LogP contribution in [0, 0.1) is 10.1 Å². The number of halogens is 1. The third-order valence-electron chi connectivity index (χ3n) is 3.73. The van der Waals surface area contributed by atoms with Crippen LogP contribution in [0.4, 0.5) is 11.4 Å². The maximum absolute atomic E-state index is 11.9. The minimum Gasteiger partial charge on any atom is -0.490 e. The summed E-state index contributed by atoms with van der Waals surface area (Å²) in [5, 5.41) is 13.2. The van der Waals surface area contributed by atoms with Crippen molar-refractivity contribution in [2.24, 2.45) is 0 Å². The van der Waals surface area contributed by atoms with Gasteiger partial charge in [-0.15, -0.1) is 0 Å². The molecule has 0 unspecified atom stereocenters. The molecule has 0 fully saturated rings. The lowest BCUT2D eigenvalue weighted by atomic mass is 10.3. The van der Waals surface area contributed by atoms with Gasteiger partial charge in [-0.25, -0.2) is 0 Å². The topological polar surface area (TPSA) is 117 Å². The molecule has 2 aromatic rings. The predicted molar refractivity (Wildman–Crippen MR) is 113 cm³/mol. The molecule has 30 heavy (non-hydrogen) atoms. The number of carbonyl (C=O) groups excluding carboxylic acids is 2. The summed E-state index contributed by atoms with van der Waals surface area (Å²) in [7, 11) is 0. The molecule has 0 spiro atoms. The van der Waals surface area contributed by atoms with E-state index in [9.17, 15) is 19.7 Å². The van der Waals surface area contributed by atoms with Crippen LogP contribution in [0.2, 0.25) is 0 Å².